The Hall–Kier alpha value is -3.58. The molecule has 2 aliphatic heterocycles. The van der Waals surface area contributed by atoms with Gasteiger partial charge >= 0.3 is 6.09 Å². The summed E-state index contributed by atoms with van der Waals surface area (Å²) in [5, 5.41) is 2.25. The normalized spacial score (nSPS) is 19.5. The highest BCUT2D eigenvalue weighted by molar-refractivity contribution is 5.85. The maximum absolute atomic E-state index is 12.9. The predicted octanol–water partition coefficient (Wildman–Crippen LogP) is 4.89. The van der Waals surface area contributed by atoms with Gasteiger partial charge in [-0.25, -0.2) is 4.79 Å². The average molecular weight is 471 g/mol. The number of hydrogen-bond acceptors (Lipinski definition) is 5. The molecule has 1 atom stereocenters. The van der Waals surface area contributed by atoms with Gasteiger partial charge < -0.3 is 18.9 Å². The Morgan fingerprint density at radius 3 is 2.71 bits per heavy atom. The standard InChI is InChI=1S/C28H30N4O3/c1-30-21(15-19-5-3-4-6-26(19)30)17-31-13-10-20(11-14-31)32-18-27(35-28(32)33)23-9-12-29-25-8-7-22(34-2)16-24(23)25/h3-9,12,15-16,20,27H,10-11,13-14,17-18H2,1-2H3. The summed E-state index contributed by atoms with van der Waals surface area (Å²) < 4.78 is 13.6. The lowest BCUT2D eigenvalue weighted by Crippen LogP contribution is -2.45. The smallest absolute Gasteiger partial charge is 0.410 e. The van der Waals surface area contributed by atoms with E-state index < -0.39 is 0 Å². The van der Waals surface area contributed by atoms with Crippen molar-refractivity contribution in [1.29, 1.82) is 0 Å². The number of nitrogens with zero attached hydrogens (tertiary/aromatic N) is 4. The van der Waals surface area contributed by atoms with E-state index in [0.29, 0.717) is 6.54 Å². The topological polar surface area (TPSA) is 59.8 Å². The second-order valence-electron chi connectivity index (χ2n) is 9.57. The van der Waals surface area contributed by atoms with Crippen LogP contribution in [-0.4, -0.2) is 58.2 Å². The van der Waals surface area contributed by atoms with Crippen LogP contribution in [0.5, 0.6) is 5.75 Å². The minimum Gasteiger partial charge on any atom is -0.497 e. The fraction of sp³-hybridized carbons (Fsp3) is 0.357. The molecule has 0 bridgehead atoms. The Bertz CT molecular complexity index is 1390. The zero-order valence-electron chi connectivity index (χ0n) is 20.2. The monoisotopic (exact) mass is 470 g/mol. The number of hydrogen-bond donors (Lipinski definition) is 0. The number of para-hydroxylation sites is 1. The summed E-state index contributed by atoms with van der Waals surface area (Å²) in [7, 11) is 3.80. The maximum Gasteiger partial charge on any atom is 0.410 e. The molecule has 1 unspecified atom stereocenters. The molecule has 0 radical (unpaired) electrons. The predicted molar refractivity (Wildman–Crippen MR) is 135 cm³/mol. The number of cyclic esters (lactones) is 1. The molecule has 4 heterocycles. The number of piperidine rings is 1. The van der Waals surface area contributed by atoms with Crippen LogP contribution in [0, 0.1) is 0 Å². The lowest BCUT2D eigenvalue weighted by atomic mass is 10.0. The second kappa shape index (κ2) is 8.89. The second-order valence-corrected chi connectivity index (χ2v) is 9.57. The van der Waals surface area contributed by atoms with Crippen LogP contribution in [0.25, 0.3) is 21.8 Å². The van der Waals surface area contributed by atoms with Crippen LogP contribution in [0.2, 0.25) is 0 Å². The summed E-state index contributed by atoms with van der Waals surface area (Å²) in [6.45, 7) is 3.44. The van der Waals surface area contributed by atoms with Gasteiger partial charge in [0.25, 0.3) is 0 Å². The van der Waals surface area contributed by atoms with Crippen LogP contribution in [-0.2, 0) is 18.3 Å². The lowest BCUT2D eigenvalue weighted by Gasteiger charge is -2.35. The molecule has 6 rings (SSSR count). The largest absolute Gasteiger partial charge is 0.497 e. The zero-order chi connectivity index (χ0) is 23.9. The number of carbonyl (C=O) groups is 1. The fourth-order valence-electron chi connectivity index (χ4n) is 5.61. The number of amides is 1. The number of carbonyl (C=O) groups excluding carboxylic acids is 1. The van der Waals surface area contributed by atoms with Crippen LogP contribution in [0.4, 0.5) is 4.79 Å². The molecule has 2 saturated heterocycles. The minimum atomic E-state index is -0.297. The van der Waals surface area contributed by atoms with Crippen molar-refractivity contribution in [3.63, 3.8) is 0 Å². The number of fused-ring (bicyclic) bond motifs is 2. The van der Waals surface area contributed by atoms with Crippen LogP contribution < -0.4 is 4.74 Å². The van der Waals surface area contributed by atoms with Crippen molar-refractivity contribution in [3.8, 4) is 5.75 Å². The summed E-state index contributed by atoms with van der Waals surface area (Å²) >= 11 is 0. The minimum absolute atomic E-state index is 0.207. The van der Waals surface area contributed by atoms with Gasteiger partial charge in [0.15, 0.2) is 0 Å². The third-order valence-electron chi connectivity index (χ3n) is 7.60. The molecule has 2 aliphatic rings. The van der Waals surface area contributed by atoms with Crippen molar-refractivity contribution >= 4 is 27.9 Å². The molecule has 7 nitrogen and oxygen atoms in total. The highest BCUT2D eigenvalue weighted by Gasteiger charge is 2.38. The van der Waals surface area contributed by atoms with Gasteiger partial charge in [-0.05, 0) is 54.6 Å². The molecule has 2 fully saturated rings. The van der Waals surface area contributed by atoms with Gasteiger partial charge in [0.2, 0.25) is 0 Å². The molecular formula is C28H30N4O3. The highest BCUT2D eigenvalue weighted by Crippen LogP contribution is 2.35. The van der Waals surface area contributed by atoms with Crippen molar-refractivity contribution in [2.24, 2.45) is 7.05 Å². The van der Waals surface area contributed by atoms with E-state index in [1.165, 1.54) is 16.6 Å². The first-order valence-electron chi connectivity index (χ1n) is 12.3. The zero-order valence-corrected chi connectivity index (χ0v) is 20.2. The van der Waals surface area contributed by atoms with E-state index >= 15 is 0 Å². The first-order chi connectivity index (χ1) is 17.1. The molecule has 4 aromatic rings. The van der Waals surface area contributed by atoms with Gasteiger partial charge in [0, 0.05) is 61.1 Å². The summed E-state index contributed by atoms with van der Waals surface area (Å²) in [4.78, 5) is 21.8. The van der Waals surface area contributed by atoms with Crippen LogP contribution in [0.1, 0.15) is 30.2 Å². The van der Waals surface area contributed by atoms with E-state index in [4.69, 9.17) is 9.47 Å². The van der Waals surface area contributed by atoms with E-state index in [9.17, 15) is 4.79 Å². The van der Waals surface area contributed by atoms with Crippen molar-refractivity contribution in [2.75, 3.05) is 26.7 Å². The number of pyridine rings is 1. The number of aryl methyl sites for hydroxylation is 1. The van der Waals surface area contributed by atoms with E-state index in [1.54, 1.807) is 13.3 Å². The van der Waals surface area contributed by atoms with Gasteiger partial charge in [0.1, 0.15) is 11.9 Å². The Balaban J connectivity index is 1.13. The first kappa shape index (κ1) is 21.9. The summed E-state index contributed by atoms with van der Waals surface area (Å²) in [6.07, 6.45) is 3.18. The Labute approximate surface area is 204 Å². The van der Waals surface area contributed by atoms with Gasteiger partial charge in [-0.1, -0.05) is 18.2 Å². The van der Waals surface area contributed by atoms with E-state index in [0.717, 1.165) is 54.7 Å². The number of methoxy groups -OCH3 is 1. The average Bonchev–Trinajstić information content (AvgIpc) is 3.43. The van der Waals surface area contributed by atoms with Crippen LogP contribution >= 0.6 is 0 Å². The quantitative estimate of drug-likeness (QED) is 0.416. The molecule has 2 aromatic heterocycles. The third kappa shape index (κ3) is 4.00. The molecule has 180 valence electrons. The maximum atomic E-state index is 12.9. The van der Waals surface area contributed by atoms with Crippen molar-refractivity contribution in [1.82, 2.24) is 19.4 Å². The summed E-state index contributed by atoms with van der Waals surface area (Å²) in [5.41, 5.74) is 4.45. The number of likely N-dealkylation sites (tertiary alicyclic amines) is 1. The Morgan fingerprint density at radius 2 is 1.91 bits per heavy atom. The SMILES string of the molecule is COc1ccc2nccc(C3CN(C4CCN(Cc5cc6ccccc6n5C)CC4)C(=O)O3)c2c1. The van der Waals surface area contributed by atoms with E-state index in [1.807, 2.05) is 29.2 Å². The van der Waals surface area contributed by atoms with Crippen LogP contribution in [0.15, 0.2) is 60.8 Å². The number of ether oxygens (including phenoxy) is 2. The van der Waals surface area contributed by atoms with Crippen LogP contribution in [0.3, 0.4) is 0 Å². The molecule has 35 heavy (non-hydrogen) atoms. The molecule has 2 aromatic carbocycles. The highest BCUT2D eigenvalue weighted by atomic mass is 16.6. The first-order valence-corrected chi connectivity index (χ1v) is 12.3. The van der Waals surface area contributed by atoms with Gasteiger partial charge in [-0.15, -0.1) is 0 Å². The summed E-state index contributed by atoms with van der Waals surface area (Å²) in [6, 6.07) is 18.8. The third-order valence-corrected chi connectivity index (χ3v) is 7.60. The molecule has 7 heteroatoms. The van der Waals surface area contributed by atoms with Gasteiger partial charge in [-0.3, -0.25) is 9.88 Å². The number of aromatic nitrogens is 2. The van der Waals surface area contributed by atoms with Gasteiger partial charge in [-0.2, -0.15) is 0 Å². The molecule has 0 saturated carbocycles. The van der Waals surface area contributed by atoms with E-state index in [-0.39, 0.29) is 18.2 Å². The van der Waals surface area contributed by atoms with Crippen molar-refractivity contribution in [2.45, 2.75) is 31.5 Å². The number of rotatable bonds is 5. The molecule has 0 aliphatic carbocycles. The molecule has 0 spiro atoms. The van der Waals surface area contributed by atoms with Gasteiger partial charge in [0.05, 0.1) is 19.2 Å². The fourth-order valence-corrected chi connectivity index (χ4v) is 5.61. The lowest BCUT2D eigenvalue weighted by molar-refractivity contribution is 0.109. The molecular weight excluding hydrogens is 440 g/mol. The Morgan fingerprint density at radius 1 is 1.09 bits per heavy atom. The van der Waals surface area contributed by atoms with E-state index in [2.05, 4.69) is 51.8 Å². The van der Waals surface area contributed by atoms with Crippen molar-refractivity contribution in [3.05, 3.63) is 72.1 Å². The summed E-state index contributed by atoms with van der Waals surface area (Å²) in [5.74, 6) is 0.770. The molecule has 1 amide bonds. The number of benzene rings is 2. The Kier molecular flexibility index (Phi) is 5.57. The van der Waals surface area contributed by atoms with Crippen molar-refractivity contribution < 1.29 is 14.3 Å². The molecule has 0 N–H and O–H groups in total.